The molecule has 0 aliphatic carbocycles. The standard InChI is InChI=1S/C15H20N2O2/c1-5-13-16-11-7-6-10(8-12(11)17(13)4)14(9(2)3)15(18)19/h6-9,14H,5H2,1-4H3,(H,18,19). The Labute approximate surface area is 113 Å². The fraction of sp³-hybridized carbons (Fsp3) is 0.467. The van der Waals surface area contributed by atoms with Crippen LogP contribution in [0.15, 0.2) is 18.2 Å². The summed E-state index contributed by atoms with van der Waals surface area (Å²) in [5, 5.41) is 9.37. The maximum atomic E-state index is 11.4. The van der Waals surface area contributed by atoms with E-state index >= 15 is 0 Å². The normalized spacial score (nSPS) is 13.1. The minimum atomic E-state index is -0.771. The van der Waals surface area contributed by atoms with E-state index in [0.29, 0.717) is 0 Å². The van der Waals surface area contributed by atoms with Crippen LogP contribution in [0.5, 0.6) is 0 Å². The summed E-state index contributed by atoms with van der Waals surface area (Å²) in [7, 11) is 1.98. The van der Waals surface area contributed by atoms with Gasteiger partial charge in [-0.2, -0.15) is 0 Å². The summed E-state index contributed by atoms with van der Waals surface area (Å²) in [5.41, 5.74) is 2.78. The van der Waals surface area contributed by atoms with Crippen LogP contribution in [0.2, 0.25) is 0 Å². The van der Waals surface area contributed by atoms with Gasteiger partial charge in [0.15, 0.2) is 0 Å². The monoisotopic (exact) mass is 260 g/mol. The summed E-state index contributed by atoms with van der Waals surface area (Å²) >= 11 is 0. The fourth-order valence-electron chi connectivity index (χ4n) is 2.58. The van der Waals surface area contributed by atoms with E-state index < -0.39 is 11.9 Å². The van der Waals surface area contributed by atoms with Crippen LogP contribution in [0.1, 0.15) is 38.1 Å². The fourth-order valence-corrected chi connectivity index (χ4v) is 2.58. The van der Waals surface area contributed by atoms with Gasteiger partial charge in [-0.25, -0.2) is 4.98 Å². The minimum Gasteiger partial charge on any atom is -0.481 e. The summed E-state index contributed by atoms with van der Waals surface area (Å²) < 4.78 is 2.04. The third kappa shape index (κ3) is 2.35. The van der Waals surface area contributed by atoms with Gasteiger partial charge in [0.05, 0.1) is 17.0 Å². The molecule has 0 saturated carbocycles. The van der Waals surface area contributed by atoms with E-state index in [4.69, 9.17) is 0 Å². The van der Waals surface area contributed by atoms with Crippen LogP contribution in [-0.2, 0) is 18.3 Å². The lowest BCUT2D eigenvalue weighted by molar-refractivity contribution is -0.139. The number of carbonyl (C=O) groups is 1. The zero-order valence-electron chi connectivity index (χ0n) is 11.8. The van der Waals surface area contributed by atoms with E-state index in [0.717, 1.165) is 28.8 Å². The first-order chi connectivity index (χ1) is 8.95. The van der Waals surface area contributed by atoms with Crippen LogP contribution in [0.25, 0.3) is 11.0 Å². The number of aryl methyl sites for hydroxylation is 2. The number of carboxylic acids is 1. The van der Waals surface area contributed by atoms with Gasteiger partial charge in [0.25, 0.3) is 0 Å². The smallest absolute Gasteiger partial charge is 0.311 e. The van der Waals surface area contributed by atoms with E-state index in [9.17, 15) is 9.90 Å². The third-order valence-corrected chi connectivity index (χ3v) is 3.61. The maximum Gasteiger partial charge on any atom is 0.311 e. The molecule has 1 aromatic heterocycles. The average molecular weight is 260 g/mol. The lowest BCUT2D eigenvalue weighted by Crippen LogP contribution is -2.17. The SMILES string of the molecule is CCc1nc2ccc(C(C(=O)O)C(C)C)cc2n1C. The number of aromatic nitrogens is 2. The van der Waals surface area contributed by atoms with Crippen LogP contribution < -0.4 is 0 Å². The Bertz CT molecular complexity index is 614. The molecule has 4 heteroatoms. The second-order valence-corrected chi connectivity index (χ2v) is 5.25. The molecule has 2 rings (SSSR count). The van der Waals surface area contributed by atoms with Crippen molar-refractivity contribution in [2.45, 2.75) is 33.1 Å². The molecule has 1 atom stereocenters. The van der Waals surface area contributed by atoms with Crippen molar-refractivity contribution in [1.29, 1.82) is 0 Å². The quantitative estimate of drug-likeness (QED) is 0.919. The van der Waals surface area contributed by atoms with Crippen molar-refractivity contribution in [3.8, 4) is 0 Å². The molecule has 1 N–H and O–H groups in total. The van der Waals surface area contributed by atoms with E-state index in [2.05, 4.69) is 11.9 Å². The van der Waals surface area contributed by atoms with Crippen molar-refractivity contribution in [2.75, 3.05) is 0 Å². The number of carboxylic acid groups (broad SMARTS) is 1. The highest BCUT2D eigenvalue weighted by Gasteiger charge is 2.24. The van der Waals surface area contributed by atoms with E-state index in [1.54, 1.807) is 0 Å². The Kier molecular flexibility index (Phi) is 3.60. The van der Waals surface area contributed by atoms with Gasteiger partial charge in [0.2, 0.25) is 0 Å². The summed E-state index contributed by atoms with van der Waals surface area (Å²) in [6, 6.07) is 5.76. The Balaban J connectivity index is 2.57. The molecule has 0 bridgehead atoms. The van der Waals surface area contributed by atoms with Gasteiger partial charge in [0.1, 0.15) is 5.82 Å². The van der Waals surface area contributed by atoms with E-state index in [-0.39, 0.29) is 5.92 Å². The van der Waals surface area contributed by atoms with E-state index in [1.807, 2.05) is 43.7 Å². The molecule has 0 amide bonds. The summed E-state index contributed by atoms with van der Waals surface area (Å²) in [5.74, 6) is -0.158. The zero-order valence-corrected chi connectivity index (χ0v) is 11.8. The Morgan fingerprint density at radius 3 is 2.63 bits per heavy atom. The molecule has 0 aliphatic heterocycles. The third-order valence-electron chi connectivity index (χ3n) is 3.61. The van der Waals surface area contributed by atoms with Crippen LogP contribution in [0, 0.1) is 5.92 Å². The zero-order chi connectivity index (χ0) is 14.2. The highest BCUT2D eigenvalue weighted by atomic mass is 16.4. The highest BCUT2D eigenvalue weighted by molar-refractivity contribution is 5.81. The van der Waals surface area contributed by atoms with Crippen molar-refractivity contribution in [3.05, 3.63) is 29.6 Å². The predicted octanol–water partition coefficient (Wildman–Crippen LogP) is 2.96. The molecule has 0 saturated heterocycles. The summed E-state index contributed by atoms with van der Waals surface area (Å²) in [6.45, 7) is 5.93. The average Bonchev–Trinajstić information content (AvgIpc) is 2.65. The van der Waals surface area contributed by atoms with Gasteiger partial charge >= 0.3 is 5.97 Å². The van der Waals surface area contributed by atoms with Gasteiger partial charge in [-0.15, -0.1) is 0 Å². The minimum absolute atomic E-state index is 0.0637. The number of hydrogen-bond acceptors (Lipinski definition) is 2. The first-order valence-corrected chi connectivity index (χ1v) is 6.63. The van der Waals surface area contributed by atoms with E-state index in [1.165, 1.54) is 0 Å². The molecule has 19 heavy (non-hydrogen) atoms. The number of fused-ring (bicyclic) bond motifs is 1. The Morgan fingerprint density at radius 1 is 1.42 bits per heavy atom. The second-order valence-electron chi connectivity index (χ2n) is 5.25. The molecule has 2 aromatic rings. The van der Waals surface area contributed by atoms with Crippen molar-refractivity contribution in [1.82, 2.24) is 9.55 Å². The highest BCUT2D eigenvalue weighted by Crippen LogP contribution is 2.28. The predicted molar refractivity (Wildman–Crippen MR) is 75.3 cm³/mol. The van der Waals surface area contributed by atoms with Gasteiger partial charge in [-0.1, -0.05) is 26.8 Å². The molecule has 4 nitrogen and oxygen atoms in total. The van der Waals surface area contributed by atoms with Crippen molar-refractivity contribution < 1.29 is 9.90 Å². The summed E-state index contributed by atoms with van der Waals surface area (Å²) in [6.07, 6.45) is 0.868. The lowest BCUT2D eigenvalue weighted by atomic mass is 9.88. The number of hydrogen-bond donors (Lipinski definition) is 1. The van der Waals surface area contributed by atoms with Crippen LogP contribution in [0.3, 0.4) is 0 Å². The van der Waals surface area contributed by atoms with Crippen LogP contribution >= 0.6 is 0 Å². The molecule has 1 aromatic carbocycles. The molecular formula is C15H20N2O2. The lowest BCUT2D eigenvalue weighted by Gasteiger charge is -2.16. The number of benzene rings is 1. The van der Waals surface area contributed by atoms with Crippen molar-refractivity contribution >= 4 is 17.0 Å². The Hall–Kier alpha value is -1.84. The molecule has 0 aliphatic rings. The first-order valence-electron chi connectivity index (χ1n) is 6.63. The molecule has 102 valence electrons. The van der Waals surface area contributed by atoms with Crippen LogP contribution in [-0.4, -0.2) is 20.6 Å². The van der Waals surface area contributed by atoms with Crippen molar-refractivity contribution in [3.63, 3.8) is 0 Å². The van der Waals surface area contributed by atoms with Gasteiger partial charge in [-0.05, 0) is 23.6 Å². The number of imidazole rings is 1. The first kappa shape index (κ1) is 13.6. The summed E-state index contributed by atoms with van der Waals surface area (Å²) in [4.78, 5) is 15.9. The number of rotatable bonds is 4. The molecular weight excluding hydrogens is 240 g/mol. The molecule has 0 radical (unpaired) electrons. The topological polar surface area (TPSA) is 55.1 Å². The molecule has 1 heterocycles. The van der Waals surface area contributed by atoms with Gasteiger partial charge in [0, 0.05) is 13.5 Å². The molecule has 0 fully saturated rings. The van der Waals surface area contributed by atoms with Crippen LogP contribution in [0.4, 0.5) is 0 Å². The number of aliphatic carboxylic acids is 1. The van der Waals surface area contributed by atoms with Gasteiger partial charge < -0.3 is 9.67 Å². The maximum absolute atomic E-state index is 11.4. The van der Waals surface area contributed by atoms with Gasteiger partial charge in [-0.3, -0.25) is 4.79 Å². The molecule has 1 unspecified atom stereocenters. The molecule has 0 spiro atoms. The Morgan fingerprint density at radius 2 is 2.11 bits per heavy atom. The largest absolute Gasteiger partial charge is 0.481 e. The van der Waals surface area contributed by atoms with Crippen molar-refractivity contribution in [2.24, 2.45) is 13.0 Å². The number of nitrogens with zero attached hydrogens (tertiary/aromatic N) is 2. The second kappa shape index (κ2) is 5.03.